The Labute approximate surface area is 159 Å². The first-order valence-electron chi connectivity index (χ1n) is 8.53. The Morgan fingerprint density at radius 2 is 1.96 bits per heavy atom. The molecule has 0 spiro atoms. The zero-order chi connectivity index (χ0) is 18.9. The van der Waals surface area contributed by atoms with E-state index in [4.69, 9.17) is 25.8 Å². The molecule has 6 heteroatoms. The maximum atomic E-state index is 12.3. The number of carbonyl (C=O) groups excluding carboxylic acids is 1. The van der Waals surface area contributed by atoms with Crippen LogP contribution in [-0.2, 0) is 0 Å². The van der Waals surface area contributed by atoms with E-state index < -0.39 is 0 Å². The number of aryl methyl sites for hydroxylation is 1. The number of rotatable bonds is 9. The van der Waals surface area contributed by atoms with Crippen LogP contribution in [0.15, 0.2) is 36.4 Å². The van der Waals surface area contributed by atoms with Crippen molar-refractivity contribution in [3.05, 3.63) is 52.5 Å². The monoisotopic (exact) mass is 377 g/mol. The van der Waals surface area contributed by atoms with E-state index in [0.717, 1.165) is 17.7 Å². The molecule has 2 aromatic carbocycles. The molecule has 0 fully saturated rings. The molecular weight excluding hydrogens is 354 g/mol. The molecule has 0 saturated carbocycles. The van der Waals surface area contributed by atoms with Crippen LogP contribution < -0.4 is 19.5 Å². The quantitative estimate of drug-likeness (QED) is 0.663. The van der Waals surface area contributed by atoms with Gasteiger partial charge in [-0.15, -0.1) is 0 Å². The highest BCUT2D eigenvalue weighted by Crippen LogP contribution is 2.36. The number of amides is 1. The number of benzene rings is 2. The first-order valence-corrected chi connectivity index (χ1v) is 8.91. The lowest BCUT2D eigenvalue weighted by molar-refractivity contribution is 0.0946. The predicted octanol–water partition coefficient (Wildman–Crippen LogP) is 4.25. The number of hydrogen-bond donors (Lipinski definition) is 1. The van der Waals surface area contributed by atoms with Gasteiger partial charge in [-0.25, -0.2) is 0 Å². The normalized spacial score (nSPS) is 10.3. The third-order valence-corrected chi connectivity index (χ3v) is 3.87. The average molecular weight is 378 g/mol. The van der Waals surface area contributed by atoms with Gasteiger partial charge >= 0.3 is 0 Å². The summed E-state index contributed by atoms with van der Waals surface area (Å²) in [6.07, 6.45) is 0.850. The second-order valence-corrected chi connectivity index (χ2v) is 6.17. The van der Waals surface area contributed by atoms with Crippen molar-refractivity contribution in [2.24, 2.45) is 0 Å². The minimum atomic E-state index is -0.250. The lowest BCUT2D eigenvalue weighted by Crippen LogP contribution is -2.28. The van der Waals surface area contributed by atoms with Crippen LogP contribution in [0.4, 0.5) is 0 Å². The molecule has 26 heavy (non-hydrogen) atoms. The maximum absolute atomic E-state index is 12.3. The number of nitrogens with one attached hydrogen (secondary N) is 1. The van der Waals surface area contributed by atoms with Crippen molar-refractivity contribution in [3.63, 3.8) is 0 Å². The third-order valence-electron chi connectivity index (χ3n) is 3.59. The summed E-state index contributed by atoms with van der Waals surface area (Å²) in [7, 11) is 1.52. The molecule has 140 valence electrons. The van der Waals surface area contributed by atoms with Gasteiger partial charge in [0.2, 0.25) is 0 Å². The maximum Gasteiger partial charge on any atom is 0.251 e. The molecule has 0 aromatic heterocycles. The first-order chi connectivity index (χ1) is 12.5. The van der Waals surface area contributed by atoms with Crippen molar-refractivity contribution in [3.8, 4) is 17.2 Å². The van der Waals surface area contributed by atoms with Gasteiger partial charge in [0.1, 0.15) is 12.4 Å². The Hall–Kier alpha value is -2.40. The van der Waals surface area contributed by atoms with Crippen molar-refractivity contribution < 1.29 is 19.0 Å². The average Bonchev–Trinajstić information content (AvgIpc) is 2.63. The summed E-state index contributed by atoms with van der Waals surface area (Å²) in [6.45, 7) is 5.27. The van der Waals surface area contributed by atoms with E-state index in [1.165, 1.54) is 7.11 Å². The zero-order valence-electron chi connectivity index (χ0n) is 15.3. The Morgan fingerprint density at radius 3 is 2.65 bits per heavy atom. The summed E-state index contributed by atoms with van der Waals surface area (Å²) in [5, 5.41) is 3.15. The van der Waals surface area contributed by atoms with Gasteiger partial charge in [0.15, 0.2) is 11.5 Å². The van der Waals surface area contributed by atoms with Gasteiger partial charge in [0.25, 0.3) is 5.91 Å². The summed E-state index contributed by atoms with van der Waals surface area (Å²) < 4.78 is 16.5. The molecule has 0 atom stereocenters. The van der Waals surface area contributed by atoms with E-state index in [1.54, 1.807) is 12.1 Å². The fourth-order valence-corrected chi connectivity index (χ4v) is 2.60. The highest BCUT2D eigenvalue weighted by atomic mass is 35.5. The number of halogens is 1. The van der Waals surface area contributed by atoms with Crippen LogP contribution in [-0.4, -0.2) is 32.8 Å². The standard InChI is InChI=1S/C20H24ClNO4/c1-4-9-26-19-17(21)12-15(13-18(19)24-3)20(23)22-8-10-25-16-7-5-6-14(2)11-16/h5-7,11-13H,4,8-10H2,1-3H3,(H,22,23). The van der Waals surface area contributed by atoms with Crippen LogP contribution >= 0.6 is 11.6 Å². The molecule has 0 aliphatic heterocycles. The van der Waals surface area contributed by atoms with Gasteiger partial charge in [-0.3, -0.25) is 4.79 Å². The fourth-order valence-electron chi connectivity index (χ4n) is 2.34. The second kappa shape index (κ2) is 9.92. The molecule has 1 amide bonds. The van der Waals surface area contributed by atoms with Crippen LogP contribution in [0.1, 0.15) is 29.3 Å². The molecule has 0 aliphatic carbocycles. The molecule has 5 nitrogen and oxygen atoms in total. The summed E-state index contributed by atoms with van der Waals surface area (Å²) in [4.78, 5) is 12.3. The minimum Gasteiger partial charge on any atom is -0.493 e. The van der Waals surface area contributed by atoms with E-state index in [2.05, 4.69) is 5.32 Å². The summed E-state index contributed by atoms with van der Waals surface area (Å²) in [5.41, 5.74) is 1.53. The van der Waals surface area contributed by atoms with Crippen LogP contribution in [0.2, 0.25) is 5.02 Å². The highest BCUT2D eigenvalue weighted by molar-refractivity contribution is 6.32. The molecular formula is C20H24ClNO4. The van der Waals surface area contributed by atoms with Crippen LogP contribution in [0.3, 0.4) is 0 Å². The van der Waals surface area contributed by atoms with Gasteiger partial charge in [-0.05, 0) is 43.2 Å². The molecule has 0 radical (unpaired) electrons. The van der Waals surface area contributed by atoms with Crippen LogP contribution in [0, 0.1) is 6.92 Å². The van der Waals surface area contributed by atoms with Crippen molar-refractivity contribution >= 4 is 17.5 Å². The lowest BCUT2D eigenvalue weighted by atomic mass is 10.2. The number of ether oxygens (including phenoxy) is 3. The van der Waals surface area contributed by atoms with Crippen molar-refractivity contribution in [2.75, 3.05) is 26.9 Å². The molecule has 0 aliphatic rings. The number of methoxy groups -OCH3 is 1. The SMILES string of the molecule is CCCOc1c(Cl)cc(C(=O)NCCOc2cccc(C)c2)cc1OC. The van der Waals surface area contributed by atoms with Gasteiger partial charge in [-0.1, -0.05) is 30.7 Å². The predicted molar refractivity (Wildman–Crippen MR) is 103 cm³/mol. The zero-order valence-corrected chi connectivity index (χ0v) is 16.1. The molecule has 0 heterocycles. The van der Waals surface area contributed by atoms with Crippen molar-refractivity contribution in [2.45, 2.75) is 20.3 Å². The molecule has 0 bridgehead atoms. The summed E-state index contributed by atoms with van der Waals surface area (Å²) >= 11 is 6.24. The Kier molecular flexibility index (Phi) is 7.60. The van der Waals surface area contributed by atoms with Crippen LogP contribution in [0.25, 0.3) is 0 Å². The largest absolute Gasteiger partial charge is 0.493 e. The van der Waals surface area contributed by atoms with Crippen molar-refractivity contribution in [1.82, 2.24) is 5.32 Å². The highest BCUT2D eigenvalue weighted by Gasteiger charge is 2.15. The second-order valence-electron chi connectivity index (χ2n) is 5.76. The third kappa shape index (κ3) is 5.56. The molecule has 0 unspecified atom stereocenters. The number of hydrogen-bond acceptors (Lipinski definition) is 4. The van der Waals surface area contributed by atoms with Crippen molar-refractivity contribution in [1.29, 1.82) is 0 Å². The molecule has 2 aromatic rings. The van der Waals surface area contributed by atoms with E-state index in [-0.39, 0.29) is 5.91 Å². The van der Waals surface area contributed by atoms with E-state index >= 15 is 0 Å². The number of carbonyl (C=O) groups is 1. The smallest absolute Gasteiger partial charge is 0.251 e. The minimum absolute atomic E-state index is 0.250. The van der Waals surface area contributed by atoms with Gasteiger partial charge in [0, 0.05) is 5.56 Å². The van der Waals surface area contributed by atoms with Gasteiger partial charge in [-0.2, -0.15) is 0 Å². The molecule has 0 saturated heterocycles. The summed E-state index contributed by atoms with van der Waals surface area (Å²) in [6, 6.07) is 11.0. The van der Waals surface area contributed by atoms with Gasteiger partial charge < -0.3 is 19.5 Å². The molecule has 2 rings (SSSR count). The van der Waals surface area contributed by atoms with E-state index in [9.17, 15) is 4.79 Å². The Balaban J connectivity index is 1.93. The first kappa shape index (κ1) is 19.9. The lowest BCUT2D eigenvalue weighted by Gasteiger charge is -2.14. The van der Waals surface area contributed by atoms with E-state index in [0.29, 0.717) is 41.8 Å². The topological polar surface area (TPSA) is 56.8 Å². The van der Waals surface area contributed by atoms with Crippen LogP contribution in [0.5, 0.6) is 17.2 Å². The van der Waals surface area contributed by atoms with Gasteiger partial charge in [0.05, 0.1) is 25.3 Å². The van der Waals surface area contributed by atoms with E-state index in [1.807, 2.05) is 38.1 Å². The fraction of sp³-hybridized carbons (Fsp3) is 0.350. The Morgan fingerprint density at radius 1 is 1.15 bits per heavy atom. The summed E-state index contributed by atoms with van der Waals surface area (Å²) in [5.74, 6) is 1.42. The Bertz CT molecular complexity index is 749. The molecule has 1 N–H and O–H groups in total.